The quantitative estimate of drug-likeness (QED) is 0.437. The lowest BCUT2D eigenvalue weighted by Crippen LogP contribution is -1.99. The molecule has 0 bridgehead atoms. The van der Waals surface area contributed by atoms with E-state index in [4.69, 9.17) is 32.7 Å². The van der Waals surface area contributed by atoms with Crippen LogP contribution in [0, 0.1) is 12.7 Å². The van der Waals surface area contributed by atoms with Gasteiger partial charge >= 0.3 is 0 Å². The Hall–Kier alpha value is -2.82. The third-order valence-corrected chi connectivity index (χ3v) is 5.20. The molecule has 4 rings (SSSR count). The summed E-state index contributed by atoms with van der Waals surface area (Å²) in [5, 5.41) is 0.859. The molecular formula is C23H15Cl2FO3. The molecule has 146 valence electrons. The third kappa shape index (κ3) is 3.86. The van der Waals surface area contributed by atoms with Crippen LogP contribution in [0.4, 0.5) is 4.39 Å². The Labute approximate surface area is 177 Å². The van der Waals surface area contributed by atoms with Crippen LogP contribution in [0.2, 0.25) is 10.0 Å². The van der Waals surface area contributed by atoms with Gasteiger partial charge in [-0.25, -0.2) is 4.39 Å². The zero-order valence-corrected chi connectivity index (χ0v) is 16.9. The molecule has 0 saturated carbocycles. The fourth-order valence-electron chi connectivity index (χ4n) is 3.05. The highest BCUT2D eigenvalue weighted by atomic mass is 35.5. The maximum Gasteiger partial charge on any atom is 0.231 e. The molecule has 29 heavy (non-hydrogen) atoms. The molecule has 0 N–H and O–H groups in total. The van der Waals surface area contributed by atoms with Gasteiger partial charge in [-0.15, -0.1) is 0 Å². The molecule has 3 aromatic rings. The van der Waals surface area contributed by atoms with Crippen LogP contribution in [0.15, 0.2) is 60.4 Å². The van der Waals surface area contributed by atoms with Crippen LogP contribution in [0.5, 0.6) is 11.5 Å². The predicted molar refractivity (Wildman–Crippen MR) is 111 cm³/mol. The van der Waals surface area contributed by atoms with Crippen molar-refractivity contribution >= 4 is 35.1 Å². The molecule has 0 unspecified atom stereocenters. The lowest BCUT2D eigenvalue weighted by Gasteiger charge is -2.11. The first-order valence-electron chi connectivity index (χ1n) is 8.83. The van der Waals surface area contributed by atoms with Crippen molar-refractivity contribution in [1.82, 2.24) is 0 Å². The molecule has 0 spiro atoms. The summed E-state index contributed by atoms with van der Waals surface area (Å²) in [7, 11) is 0. The summed E-state index contributed by atoms with van der Waals surface area (Å²) in [5.74, 6) is 0.164. The lowest BCUT2D eigenvalue weighted by atomic mass is 10.1. The maximum atomic E-state index is 14.1. The molecule has 0 aromatic heterocycles. The van der Waals surface area contributed by atoms with Crippen molar-refractivity contribution in [3.05, 3.63) is 98.5 Å². The summed E-state index contributed by atoms with van der Waals surface area (Å²) >= 11 is 11.9. The molecule has 0 amide bonds. The Balaban J connectivity index is 1.60. The van der Waals surface area contributed by atoms with Gasteiger partial charge in [0.2, 0.25) is 5.78 Å². The zero-order chi connectivity index (χ0) is 20.5. The average molecular weight is 429 g/mol. The van der Waals surface area contributed by atoms with Crippen LogP contribution in [0.1, 0.15) is 27.0 Å². The van der Waals surface area contributed by atoms with E-state index < -0.39 is 5.82 Å². The topological polar surface area (TPSA) is 35.5 Å². The smallest absolute Gasteiger partial charge is 0.231 e. The van der Waals surface area contributed by atoms with E-state index in [9.17, 15) is 9.18 Å². The second kappa shape index (κ2) is 7.90. The van der Waals surface area contributed by atoms with Crippen molar-refractivity contribution < 1.29 is 18.7 Å². The van der Waals surface area contributed by atoms with Gasteiger partial charge < -0.3 is 9.47 Å². The highest BCUT2D eigenvalue weighted by Gasteiger charge is 2.30. The number of halogens is 3. The molecule has 1 aliphatic heterocycles. The number of allylic oxidation sites excluding steroid dienone is 1. The molecular weight excluding hydrogens is 414 g/mol. The van der Waals surface area contributed by atoms with E-state index in [0.29, 0.717) is 34.3 Å². The largest absolute Gasteiger partial charge is 0.488 e. The van der Waals surface area contributed by atoms with E-state index in [2.05, 4.69) is 0 Å². The molecule has 0 saturated heterocycles. The van der Waals surface area contributed by atoms with E-state index in [-0.39, 0.29) is 22.1 Å². The van der Waals surface area contributed by atoms with Crippen LogP contribution in [-0.4, -0.2) is 5.78 Å². The summed E-state index contributed by atoms with van der Waals surface area (Å²) in [6.45, 7) is 2.15. The van der Waals surface area contributed by atoms with Crippen molar-refractivity contribution in [1.29, 1.82) is 0 Å². The second-order valence-corrected chi connectivity index (χ2v) is 7.40. The van der Waals surface area contributed by atoms with Crippen molar-refractivity contribution in [2.75, 3.05) is 0 Å². The molecule has 0 fully saturated rings. The van der Waals surface area contributed by atoms with E-state index in [1.54, 1.807) is 30.3 Å². The van der Waals surface area contributed by atoms with Crippen LogP contribution >= 0.6 is 23.2 Å². The van der Waals surface area contributed by atoms with E-state index >= 15 is 0 Å². The third-order valence-electron chi connectivity index (χ3n) is 4.62. The number of ketones is 1. The summed E-state index contributed by atoms with van der Waals surface area (Å²) in [5.41, 5.74) is 2.16. The average Bonchev–Trinajstić information content (AvgIpc) is 3.02. The molecule has 1 heterocycles. The number of benzene rings is 3. The Bertz CT molecular complexity index is 1120. The Morgan fingerprint density at radius 1 is 1.07 bits per heavy atom. The number of rotatable bonds is 4. The van der Waals surface area contributed by atoms with Crippen LogP contribution in [0.3, 0.4) is 0 Å². The van der Waals surface area contributed by atoms with Crippen LogP contribution in [0.25, 0.3) is 6.08 Å². The molecule has 0 radical (unpaired) electrons. The highest BCUT2D eigenvalue weighted by Crippen LogP contribution is 2.40. The minimum absolute atomic E-state index is 0.0185. The minimum Gasteiger partial charge on any atom is -0.488 e. The van der Waals surface area contributed by atoms with E-state index in [0.717, 1.165) is 5.56 Å². The Morgan fingerprint density at radius 2 is 1.83 bits per heavy atom. The minimum atomic E-state index is -0.527. The molecule has 0 atom stereocenters. The molecule has 0 aliphatic carbocycles. The number of ether oxygens (including phenoxy) is 2. The van der Waals surface area contributed by atoms with Gasteiger partial charge in [0.15, 0.2) is 5.76 Å². The standard InChI is InChI=1S/C23H15Cl2FO3/c1-13-20(28-12-14-5-7-15(24)8-6-14)10-9-16-22(27)21(29-23(13)16)11-17-18(25)3-2-4-19(17)26/h2-11H,12H2,1H3/b21-11-. The van der Waals surface area contributed by atoms with Gasteiger partial charge in [-0.1, -0.05) is 41.4 Å². The number of hydrogen-bond acceptors (Lipinski definition) is 3. The zero-order valence-electron chi connectivity index (χ0n) is 15.3. The van der Waals surface area contributed by atoms with E-state index in [1.165, 1.54) is 18.2 Å². The second-order valence-electron chi connectivity index (χ2n) is 6.56. The molecule has 3 nitrogen and oxygen atoms in total. The SMILES string of the molecule is Cc1c(OCc2ccc(Cl)cc2)ccc2c1O/C(=C\c1c(F)cccc1Cl)C2=O. The van der Waals surface area contributed by atoms with Gasteiger partial charge in [-0.05, 0) is 55.0 Å². The first-order chi connectivity index (χ1) is 13.9. The summed E-state index contributed by atoms with van der Waals surface area (Å²) in [4.78, 5) is 12.7. The fraction of sp³-hybridized carbons (Fsp3) is 0.0870. The first-order valence-corrected chi connectivity index (χ1v) is 9.59. The van der Waals surface area contributed by atoms with Gasteiger partial charge in [0.05, 0.1) is 10.6 Å². The van der Waals surface area contributed by atoms with Gasteiger partial charge in [-0.2, -0.15) is 0 Å². The van der Waals surface area contributed by atoms with Crippen molar-refractivity contribution in [2.24, 2.45) is 0 Å². The number of carbonyl (C=O) groups is 1. The van der Waals surface area contributed by atoms with Gasteiger partial charge in [0.25, 0.3) is 0 Å². The van der Waals surface area contributed by atoms with Crippen molar-refractivity contribution in [3.63, 3.8) is 0 Å². The fourth-order valence-corrected chi connectivity index (χ4v) is 3.39. The molecule has 6 heteroatoms. The normalized spacial score (nSPS) is 14.1. The predicted octanol–water partition coefficient (Wildman–Crippen LogP) is 6.64. The van der Waals surface area contributed by atoms with Gasteiger partial charge in [-0.3, -0.25) is 4.79 Å². The van der Waals surface area contributed by atoms with Crippen molar-refractivity contribution in [2.45, 2.75) is 13.5 Å². The number of Topliss-reactive ketones (excluding diaryl/α,β-unsaturated/α-hetero) is 1. The maximum absolute atomic E-state index is 14.1. The number of fused-ring (bicyclic) bond motifs is 1. The highest BCUT2D eigenvalue weighted by molar-refractivity contribution is 6.32. The van der Waals surface area contributed by atoms with Gasteiger partial charge in [0.1, 0.15) is 23.9 Å². The molecule has 1 aliphatic rings. The van der Waals surface area contributed by atoms with E-state index in [1.807, 2.05) is 19.1 Å². The summed E-state index contributed by atoms with van der Waals surface area (Å²) < 4.78 is 25.7. The number of carbonyl (C=O) groups excluding carboxylic acids is 1. The first kappa shape index (κ1) is 19.5. The van der Waals surface area contributed by atoms with Crippen molar-refractivity contribution in [3.8, 4) is 11.5 Å². The Kier molecular flexibility index (Phi) is 5.31. The number of hydrogen-bond donors (Lipinski definition) is 0. The lowest BCUT2D eigenvalue weighted by molar-refractivity contribution is 0.101. The molecule has 3 aromatic carbocycles. The van der Waals surface area contributed by atoms with Gasteiger partial charge in [0, 0.05) is 16.1 Å². The Morgan fingerprint density at radius 3 is 2.55 bits per heavy atom. The summed E-state index contributed by atoms with van der Waals surface area (Å²) in [6.07, 6.45) is 1.33. The van der Waals surface area contributed by atoms with Crippen LogP contribution < -0.4 is 9.47 Å². The monoisotopic (exact) mass is 428 g/mol. The van der Waals surface area contributed by atoms with Crippen LogP contribution in [-0.2, 0) is 6.61 Å². The summed E-state index contributed by atoms with van der Waals surface area (Å²) in [6, 6.07) is 15.0.